The largest absolute Gasteiger partial charge is 0.411 e. The van der Waals surface area contributed by atoms with Gasteiger partial charge < -0.3 is 15.4 Å². The highest BCUT2D eigenvalue weighted by atomic mass is 16.4. The second-order valence-corrected chi connectivity index (χ2v) is 8.66. The van der Waals surface area contributed by atoms with E-state index in [-0.39, 0.29) is 5.41 Å². The van der Waals surface area contributed by atoms with Gasteiger partial charge in [-0.1, -0.05) is 18.0 Å². The van der Waals surface area contributed by atoms with E-state index in [1.807, 2.05) is 6.08 Å². The minimum absolute atomic E-state index is 0.184. The average molecular weight is 343 g/mol. The number of nitrogens with zero attached hydrogens (tertiary/aromatic N) is 1. The van der Waals surface area contributed by atoms with Crippen LogP contribution in [0.2, 0.25) is 0 Å². The number of aliphatic hydroxyl groups is 2. The molecular weight excluding hydrogens is 314 g/mol. The predicted octanol–water partition coefficient (Wildman–Crippen LogP) is 3.11. The summed E-state index contributed by atoms with van der Waals surface area (Å²) in [6.07, 6.45) is 14.3. The number of fused-ring (bicyclic) bond motifs is 5. The van der Waals surface area contributed by atoms with E-state index in [1.54, 1.807) is 0 Å². The highest BCUT2D eigenvalue weighted by molar-refractivity contribution is 5.96. The van der Waals surface area contributed by atoms with Gasteiger partial charge in [-0.3, -0.25) is 0 Å². The van der Waals surface area contributed by atoms with Crippen LogP contribution in [0.3, 0.4) is 0 Å². The third kappa shape index (κ3) is 2.18. The van der Waals surface area contributed by atoms with Gasteiger partial charge in [-0.2, -0.15) is 0 Å². The molecule has 0 aromatic carbocycles. The van der Waals surface area contributed by atoms with Crippen LogP contribution in [0.25, 0.3) is 0 Å². The topological polar surface area (TPSA) is 73.0 Å². The molecule has 0 saturated heterocycles. The highest BCUT2D eigenvalue weighted by Gasteiger charge is 2.63. The molecule has 3 saturated carbocycles. The van der Waals surface area contributed by atoms with Gasteiger partial charge in [-0.05, 0) is 86.7 Å². The van der Waals surface area contributed by atoms with E-state index in [4.69, 9.17) is 11.6 Å². The van der Waals surface area contributed by atoms with Crippen LogP contribution in [0.5, 0.6) is 0 Å². The van der Waals surface area contributed by atoms with Crippen molar-refractivity contribution < 1.29 is 15.4 Å². The molecule has 3 N–H and O–H groups in total. The van der Waals surface area contributed by atoms with Crippen LogP contribution in [0, 0.1) is 41.4 Å². The van der Waals surface area contributed by atoms with Gasteiger partial charge in [0.15, 0.2) is 0 Å². The Balaban J connectivity index is 1.69. The summed E-state index contributed by atoms with van der Waals surface area (Å²) in [5.74, 6) is 4.52. The summed E-state index contributed by atoms with van der Waals surface area (Å²) in [4.78, 5) is 0. The zero-order valence-corrected chi connectivity index (χ0v) is 15.0. The van der Waals surface area contributed by atoms with Crippen LogP contribution >= 0.6 is 0 Å². The van der Waals surface area contributed by atoms with Crippen LogP contribution < -0.4 is 0 Å². The minimum atomic E-state index is -0.984. The quantitative estimate of drug-likeness (QED) is 0.389. The summed E-state index contributed by atoms with van der Waals surface area (Å²) < 4.78 is 0. The van der Waals surface area contributed by atoms with Crippen molar-refractivity contribution in [1.82, 2.24) is 0 Å². The Bertz CT molecular complexity index is 663. The van der Waals surface area contributed by atoms with E-state index >= 15 is 0 Å². The molecule has 0 spiro atoms. The molecule has 0 heterocycles. The van der Waals surface area contributed by atoms with E-state index in [9.17, 15) is 10.2 Å². The van der Waals surface area contributed by atoms with E-state index in [2.05, 4.69) is 18.0 Å². The van der Waals surface area contributed by atoms with Gasteiger partial charge in [0.2, 0.25) is 0 Å². The summed E-state index contributed by atoms with van der Waals surface area (Å²) in [5, 5.41) is 34.4. The SMILES string of the molecule is C#CC1(O)CCC2C3CC(O)C4=CC(=NO)CCC4C3CCC21CC. The Morgan fingerprint density at radius 2 is 2.08 bits per heavy atom. The summed E-state index contributed by atoms with van der Waals surface area (Å²) in [6, 6.07) is 0. The molecule has 25 heavy (non-hydrogen) atoms. The van der Waals surface area contributed by atoms with Crippen molar-refractivity contribution in [3.8, 4) is 12.3 Å². The first kappa shape index (κ1) is 17.1. The second kappa shape index (κ2) is 5.86. The average Bonchev–Trinajstić information content (AvgIpc) is 2.95. The zero-order chi connectivity index (χ0) is 17.8. The first-order valence-electron chi connectivity index (χ1n) is 9.80. The molecule has 0 aromatic rings. The Hall–Kier alpha value is -1.31. The maximum Gasteiger partial charge on any atom is 0.131 e. The molecule has 0 radical (unpaired) electrons. The summed E-state index contributed by atoms with van der Waals surface area (Å²) in [5.41, 5.74) is 0.581. The molecule has 0 bridgehead atoms. The van der Waals surface area contributed by atoms with Crippen LogP contribution in [-0.4, -0.2) is 32.8 Å². The Labute approximate surface area is 150 Å². The smallest absolute Gasteiger partial charge is 0.131 e. The zero-order valence-electron chi connectivity index (χ0n) is 15.0. The lowest BCUT2D eigenvalue weighted by Crippen LogP contribution is -2.55. The third-order valence-corrected chi connectivity index (χ3v) is 8.21. The van der Waals surface area contributed by atoms with Gasteiger partial charge >= 0.3 is 0 Å². The van der Waals surface area contributed by atoms with Gasteiger partial charge in [0.1, 0.15) is 5.60 Å². The molecular formula is C21H29NO3. The molecule has 4 rings (SSSR count). The first-order valence-corrected chi connectivity index (χ1v) is 9.80. The van der Waals surface area contributed by atoms with E-state index in [0.29, 0.717) is 35.8 Å². The standard InChI is InChI=1S/C21H29NO3/c1-3-20-9-7-15-14-6-5-13(22-25)11-17(14)19(23)12-16(15)18(20)8-10-21(20,24)4-2/h2,11,14-16,18-19,23-25H,3,5-10,12H2,1H3. The second-order valence-electron chi connectivity index (χ2n) is 8.66. The molecule has 0 amide bonds. The molecule has 0 aliphatic heterocycles. The number of aliphatic hydroxyl groups excluding tert-OH is 1. The van der Waals surface area contributed by atoms with Gasteiger partial charge in [-0.25, -0.2) is 0 Å². The molecule has 4 heteroatoms. The maximum atomic E-state index is 11.1. The van der Waals surface area contributed by atoms with Crippen LogP contribution in [-0.2, 0) is 0 Å². The van der Waals surface area contributed by atoms with Crippen molar-refractivity contribution in [1.29, 1.82) is 0 Å². The Kier molecular flexibility index (Phi) is 4.01. The van der Waals surface area contributed by atoms with E-state index < -0.39 is 11.7 Å². The van der Waals surface area contributed by atoms with Crippen molar-refractivity contribution in [2.24, 2.45) is 34.2 Å². The van der Waals surface area contributed by atoms with Crippen LogP contribution in [0.4, 0.5) is 0 Å². The fourth-order valence-corrected chi connectivity index (χ4v) is 7.05. The van der Waals surface area contributed by atoms with Crippen LogP contribution in [0.1, 0.15) is 58.3 Å². The summed E-state index contributed by atoms with van der Waals surface area (Å²) >= 11 is 0. The highest BCUT2D eigenvalue weighted by Crippen LogP contribution is 2.66. The molecule has 0 aromatic heterocycles. The number of rotatable bonds is 1. The van der Waals surface area contributed by atoms with Crippen LogP contribution in [0.15, 0.2) is 16.8 Å². The Morgan fingerprint density at radius 3 is 2.76 bits per heavy atom. The first-order chi connectivity index (χ1) is 12.0. The molecule has 7 unspecified atom stereocenters. The third-order valence-electron chi connectivity index (χ3n) is 8.21. The number of hydrogen-bond acceptors (Lipinski definition) is 4. The van der Waals surface area contributed by atoms with Gasteiger partial charge in [0.25, 0.3) is 0 Å². The van der Waals surface area contributed by atoms with Crippen molar-refractivity contribution >= 4 is 5.71 Å². The normalized spacial score (nSPS) is 50.4. The van der Waals surface area contributed by atoms with Gasteiger partial charge in [0, 0.05) is 5.41 Å². The van der Waals surface area contributed by atoms with Crippen molar-refractivity contribution in [3.05, 3.63) is 11.6 Å². The number of terminal acetylenes is 1. The molecule has 4 aliphatic rings. The van der Waals surface area contributed by atoms with E-state index in [0.717, 1.165) is 50.5 Å². The van der Waals surface area contributed by atoms with E-state index in [1.165, 1.54) is 0 Å². The maximum absolute atomic E-state index is 11.1. The summed E-state index contributed by atoms with van der Waals surface area (Å²) in [7, 11) is 0. The van der Waals surface area contributed by atoms with Gasteiger partial charge in [0.05, 0.1) is 11.8 Å². The lowest BCUT2D eigenvalue weighted by Gasteiger charge is -2.56. The van der Waals surface area contributed by atoms with Gasteiger partial charge in [-0.15, -0.1) is 6.42 Å². The van der Waals surface area contributed by atoms with Crippen molar-refractivity contribution in [3.63, 3.8) is 0 Å². The fraction of sp³-hybridized carbons (Fsp3) is 0.762. The summed E-state index contributed by atoms with van der Waals surface area (Å²) in [6.45, 7) is 2.16. The molecule has 4 nitrogen and oxygen atoms in total. The lowest BCUT2D eigenvalue weighted by atomic mass is 9.49. The van der Waals surface area contributed by atoms with Crippen molar-refractivity contribution in [2.75, 3.05) is 0 Å². The predicted molar refractivity (Wildman–Crippen MR) is 96.1 cm³/mol. The Morgan fingerprint density at radius 1 is 1.28 bits per heavy atom. The lowest BCUT2D eigenvalue weighted by molar-refractivity contribution is -0.108. The molecule has 3 fully saturated rings. The number of oxime groups is 1. The molecule has 4 aliphatic carbocycles. The molecule has 7 atom stereocenters. The monoisotopic (exact) mass is 343 g/mol. The van der Waals surface area contributed by atoms with Crippen molar-refractivity contribution in [2.45, 2.75) is 70.0 Å². The molecule has 136 valence electrons. The number of allylic oxidation sites excluding steroid dienone is 1. The minimum Gasteiger partial charge on any atom is -0.411 e. The fourth-order valence-electron chi connectivity index (χ4n) is 7.05. The number of hydrogen-bond donors (Lipinski definition) is 3.